The summed E-state index contributed by atoms with van der Waals surface area (Å²) < 4.78 is 18.5. The van der Waals surface area contributed by atoms with Crippen LogP contribution in [0.3, 0.4) is 0 Å². The first-order chi connectivity index (χ1) is 11.9. The molecule has 128 valence electrons. The number of benzene rings is 2. The number of hydrogen-bond donors (Lipinski definition) is 1. The van der Waals surface area contributed by atoms with Crippen LogP contribution < -0.4 is 4.74 Å². The van der Waals surface area contributed by atoms with Gasteiger partial charge in [-0.05, 0) is 48.4 Å². The molecular formula is C20H17ClFNO2. The molecule has 2 aromatic carbocycles. The summed E-state index contributed by atoms with van der Waals surface area (Å²) in [6, 6.07) is 14.9. The fourth-order valence-electron chi connectivity index (χ4n) is 2.69. The predicted octanol–water partition coefficient (Wildman–Crippen LogP) is 4.81. The van der Waals surface area contributed by atoms with Crippen molar-refractivity contribution in [2.24, 2.45) is 0 Å². The van der Waals surface area contributed by atoms with E-state index in [1.165, 1.54) is 19.2 Å². The monoisotopic (exact) mass is 357 g/mol. The SMILES string of the molecule is COc1ncc(C(C)(O)c2ccc(F)cc2)cc1-c1cccc(Cl)c1. The molecule has 3 nitrogen and oxygen atoms in total. The van der Waals surface area contributed by atoms with Crippen molar-refractivity contribution in [2.45, 2.75) is 12.5 Å². The van der Waals surface area contributed by atoms with Crippen LogP contribution in [0.4, 0.5) is 4.39 Å². The average Bonchev–Trinajstić information content (AvgIpc) is 2.61. The van der Waals surface area contributed by atoms with Gasteiger partial charge in [0.05, 0.1) is 7.11 Å². The van der Waals surface area contributed by atoms with Gasteiger partial charge in [-0.15, -0.1) is 0 Å². The number of ether oxygens (including phenoxy) is 1. The van der Waals surface area contributed by atoms with Gasteiger partial charge in [-0.25, -0.2) is 9.37 Å². The second-order valence-electron chi connectivity index (χ2n) is 5.87. The number of aromatic nitrogens is 1. The lowest BCUT2D eigenvalue weighted by Crippen LogP contribution is -2.23. The van der Waals surface area contributed by atoms with Crippen molar-refractivity contribution >= 4 is 11.6 Å². The van der Waals surface area contributed by atoms with Gasteiger partial charge < -0.3 is 9.84 Å². The lowest BCUT2D eigenvalue weighted by molar-refractivity contribution is 0.102. The van der Waals surface area contributed by atoms with Crippen LogP contribution in [0.15, 0.2) is 60.8 Å². The molecule has 0 aliphatic rings. The maximum Gasteiger partial charge on any atom is 0.221 e. The molecule has 5 heteroatoms. The second-order valence-corrected chi connectivity index (χ2v) is 6.31. The van der Waals surface area contributed by atoms with Gasteiger partial charge in [-0.3, -0.25) is 0 Å². The summed E-state index contributed by atoms with van der Waals surface area (Å²) in [5.74, 6) is 0.0768. The summed E-state index contributed by atoms with van der Waals surface area (Å²) in [6.45, 7) is 1.64. The lowest BCUT2D eigenvalue weighted by atomic mass is 9.88. The minimum Gasteiger partial charge on any atom is -0.481 e. The zero-order valence-corrected chi connectivity index (χ0v) is 14.6. The van der Waals surface area contributed by atoms with E-state index < -0.39 is 5.60 Å². The Hall–Kier alpha value is -2.43. The van der Waals surface area contributed by atoms with E-state index in [9.17, 15) is 9.50 Å². The Balaban J connectivity index is 2.11. The molecule has 1 heterocycles. The average molecular weight is 358 g/mol. The van der Waals surface area contributed by atoms with Crippen molar-refractivity contribution < 1.29 is 14.2 Å². The highest BCUT2D eigenvalue weighted by molar-refractivity contribution is 6.30. The first-order valence-electron chi connectivity index (χ1n) is 7.70. The molecule has 1 N–H and O–H groups in total. The number of aliphatic hydroxyl groups is 1. The van der Waals surface area contributed by atoms with Gasteiger partial charge in [-0.1, -0.05) is 35.9 Å². The van der Waals surface area contributed by atoms with E-state index in [2.05, 4.69) is 4.98 Å². The Bertz CT molecular complexity index is 894. The smallest absolute Gasteiger partial charge is 0.221 e. The summed E-state index contributed by atoms with van der Waals surface area (Å²) in [5.41, 5.74) is 1.34. The summed E-state index contributed by atoms with van der Waals surface area (Å²) >= 11 is 6.08. The molecule has 0 saturated carbocycles. The minimum absolute atomic E-state index is 0.355. The number of hydrogen-bond acceptors (Lipinski definition) is 3. The summed E-state index contributed by atoms with van der Waals surface area (Å²) in [6.07, 6.45) is 1.55. The van der Waals surface area contributed by atoms with Gasteiger partial charge in [0.1, 0.15) is 11.4 Å². The quantitative estimate of drug-likeness (QED) is 0.729. The summed E-state index contributed by atoms with van der Waals surface area (Å²) in [4.78, 5) is 4.31. The lowest BCUT2D eigenvalue weighted by Gasteiger charge is -2.25. The van der Waals surface area contributed by atoms with Crippen LogP contribution in [-0.4, -0.2) is 17.2 Å². The second kappa shape index (κ2) is 6.82. The van der Waals surface area contributed by atoms with Crippen molar-refractivity contribution in [1.82, 2.24) is 4.98 Å². The molecule has 0 amide bonds. The number of rotatable bonds is 4. The van der Waals surface area contributed by atoms with E-state index >= 15 is 0 Å². The molecule has 3 rings (SSSR count). The fraction of sp³-hybridized carbons (Fsp3) is 0.150. The zero-order chi connectivity index (χ0) is 18.0. The van der Waals surface area contributed by atoms with Gasteiger partial charge in [0.2, 0.25) is 5.88 Å². The van der Waals surface area contributed by atoms with Crippen molar-refractivity contribution in [1.29, 1.82) is 0 Å². The predicted molar refractivity (Wildman–Crippen MR) is 96.3 cm³/mol. The van der Waals surface area contributed by atoms with Crippen LogP contribution in [0.5, 0.6) is 5.88 Å². The molecule has 0 spiro atoms. The van der Waals surface area contributed by atoms with Gasteiger partial charge >= 0.3 is 0 Å². The first-order valence-corrected chi connectivity index (χ1v) is 8.08. The molecule has 25 heavy (non-hydrogen) atoms. The van der Waals surface area contributed by atoms with Gasteiger partial charge in [-0.2, -0.15) is 0 Å². The molecule has 0 aliphatic heterocycles. The highest BCUT2D eigenvalue weighted by atomic mass is 35.5. The summed E-state index contributed by atoms with van der Waals surface area (Å²) in [5, 5.41) is 11.6. The number of pyridine rings is 1. The van der Waals surface area contributed by atoms with E-state index in [-0.39, 0.29) is 5.82 Å². The third-order valence-electron chi connectivity index (χ3n) is 4.15. The molecule has 0 saturated heterocycles. The number of nitrogens with zero attached hydrogens (tertiary/aromatic N) is 1. The van der Waals surface area contributed by atoms with Crippen molar-refractivity contribution in [2.75, 3.05) is 7.11 Å². The molecule has 0 bridgehead atoms. The molecule has 3 aromatic rings. The maximum atomic E-state index is 13.2. The van der Waals surface area contributed by atoms with Crippen molar-refractivity contribution in [3.63, 3.8) is 0 Å². The van der Waals surface area contributed by atoms with Crippen LogP contribution in [0.25, 0.3) is 11.1 Å². The minimum atomic E-state index is -1.33. The van der Waals surface area contributed by atoms with E-state index in [1.54, 1.807) is 43.5 Å². The van der Waals surface area contributed by atoms with Gasteiger partial charge in [0.25, 0.3) is 0 Å². The van der Waals surface area contributed by atoms with Crippen LogP contribution >= 0.6 is 11.6 Å². The largest absolute Gasteiger partial charge is 0.481 e. The van der Waals surface area contributed by atoms with Crippen LogP contribution in [0.1, 0.15) is 18.1 Å². The number of halogens is 2. The zero-order valence-electron chi connectivity index (χ0n) is 13.8. The Labute approximate surface area is 150 Å². The standard InChI is InChI=1S/C20H17ClFNO2/c1-20(24,14-6-8-17(22)9-7-14)15-11-18(19(25-2)23-12-15)13-4-3-5-16(21)10-13/h3-12,24H,1-2H3. The van der Waals surface area contributed by atoms with E-state index in [1.807, 2.05) is 12.1 Å². The van der Waals surface area contributed by atoms with E-state index in [0.29, 0.717) is 27.6 Å². The number of methoxy groups -OCH3 is 1. The van der Waals surface area contributed by atoms with Crippen LogP contribution in [-0.2, 0) is 5.60 Å². The molecule has 1 unspecified atom stereocenters. The molecular weight excluding hydrogens is 341 g/mol. The fourth-order valence-corrected chi connectivity index (χ4v) is 2.88. The molecule has 0 fully saturated rings. The molecule has 0 radical (unpaired) electrons. The Kier molecular flexibility index (Phi) is 4.75. The van der Waals surface area contributed by atoms with Crippen LogP contribution in [0.2, 0.25) is 5.02 Å². The normalized spacial score (nSPS) is 13.3. The topological polar surface area (TPSA) is 42.4 Å². The third-order valence-corrected chi connectivity index (χ3v) is 4.38. The highest BCUT2D eigenvalue weighted by Gasteiger charge is 2.27. The van der Waals surface area contributed by atoms with Gasteiger partial charge in [0.15, 0.2) is 0 Å². The van der Waals surface area contributed by atoms with Gasteiger partial charge in [0, 0.05) is 22.3 Å². The molecule has 0 aliphatic carbocycles. The Morgan fingerprint density at radius 1 is 1.08 bits per heavy atom. The maximum absolute atomic E-state index is 13.2. The Morgan fingerprint density at radius 3 is 2.44 bits per heavy atom. The molecule has 1 aromatic heterocycles. The molecule has 1 atom stereocenters. The van der Waals surface area contributed by atoms with E-state index in [0.717, 1.165) is 5.56 Å². The van der Waals surface area contributed by atoms with Crippen molar-refractivity contribution in [3.05, 3.63) is 82.8 Å². The Morgan fingerprint density at radius 2 is 1.80 bits per heavy atom. The first kappa shape index (κ1) is 17.4. The highest BCUT2D eigenvalue weighted by Crippen LogP contribution is 2.35. The van der Waals surface area contributed by atoms with E-state index in [4.69, 9.17) is 16.3 Å². The summed E-state index contributed by atoms with van der Waals surface area (Å²) in [7, 11) is 1.54. The van der Waals surface area contributed by atoms with Crippen molar-refractivity contribution in [3.8, 4) is 17.0 Å². The van der Waals surface area contributed by atoms with Crippen LogP contribution in [0, 0.1) is 5.82 Å². The third kappa shape index (κ3) is 3.50.